The molecule has 1 atom stereocenters. The van der Waals surface area contributed by atoms with Gasteiger partial charge in [0, 0.05) is 30.1 Å². The van der Waals surface area contributed by atoms with Crippen LogP contribution in [0.15, 0.2) is 72.0 Å². The van der Waals surface area contributed by atoms with Gasteiger partial charge in [-0.15, -0.1) is 0 Å². The van der Waals surface area contributed by atoms with Gasteiger partial charge in [0.05, 0.1) is 12.1 Å². The molecule has 1 fully saturated rings. The molecule has 0 radical (unpaired) electrons. The highest BCUT2D eigenvalue weighted by Crippen LogP contribution is 2.27. The first-order valence-electron chi connectivity index (χ1n) is 12.4. The number of hydrogen-bond acceptors (Lipinski definition) is 5. The van der Waals surface area contributed by atoms with Gasteiger partial charge in [0.1, 0.15) is 5.82 Å². The van der Waals surface area contributed by atoms with E-state index in [0.29, 0.717) is 36.1 Å². The number of nitrogens with zero attached hydrogens (tertiary/aromatic N) is 4. The third-order valence-corrected chi connectivity index (χ3v) is 7.78. The second kappa shape index (κ2) is 11.2. The molecule has 5 rings (SSSR count). The number of rotatable bonds is 9. The molecular formula is C28H30FN5OS. The summed E-state index contributed by atoms with van der Waals surface area (Å²) in [5.74, 6) is 0.412. The summed E-state index contributed by atoms with van der Waals surface area (Å²) >= 11 is 1.60. The van der Waals surface area contributed by atoms with E-state index >= 15 is 0 Å². The first-order valence-corrected chi connectivity index (χ1v) is 13.4. The lowest BCUT2D eigenvalue weighted by Gasteiger charge is -2.22. The summed E-state index contributed by atoms with van der Waals surface area (Å²) in [6.07, 6.45) is 4.08. The molecule has 0 saturated carbocycles. The third-order valence-electron chi connectivity index (χ3n) is 6.73. The largest absolute Gasteiger partial charge is 0.350 e. The van der Waals surface area contributed by atoms with Gasteiger partial charge in [-0.3, -0.25) is 9.69 Å². The van der Waals surface area contributed by atoms with E-state index < -0.39 is 0 Å². The molecule has 36 heavy (non-hydrogen) atoms. The molecule has 2 aromatic carbocycles. The van der Waals surface area contributed by atoms with Crippen molar-refractivity contribution in [3.8, 4) is 0 Å². The molecule has 1 amide bonds. The van der Waals surface area contributed by atoms with E-state index in [1.807, 2.05) is 36.4 Å². The van der Waals surface area contributed by atoms with Crippen LogP contribution in [0.4, 0.5) is 4.39 Å². The van der Waals surface area contributed by atoms with E-state index in [-0.39, 0.29) is 11.7 Å². The molecule has 8 heteroatoms. The van der Waals surface area contributed by atoms with Gasteiger partial charge in [-0.1, -0.05) is 43.0 Å². The summed E-state index contributed by atoms with van der Waals surface area (Å²) < 4.78 is 15.4. The number of benzene rings is 2. The number of fused-ring (bicyclic) bond motifs is 1. The minimum absolute atomic E-state index is 0.0303. The van der Waals surface area contributed by atoms with Gasteiger partial charge >= 0.3 is 0 Å². The van der Waals surface area contributed by atoms with E-state index in [9.17, 15) is 9.18 Å². The maximum atomic E-state index is 13.3. The summed E-state index contributed by atoms with van der Waals surface area (Å²) in [5.41, 5.74) is 4.43. The van der Waals surface area contributed by atoms with Crippen LogP contribution >= 0.6 is 11.8 Å². The number of amides is 1. The lowest BCUT2D eigenvalue weighted by molar-refractivity contribution is 0.0941. The van der Waals surface area contributed by atoms with E-state index in [1.165, 1.54) is 18.6 Å². The van der Waals surface area contributed by atoms with Crippen LogP contribution in [-0.4, -0.2) is 51.0 Å². The number of halogens is 1. The number of likely N-dealkylation sites (tertiary alicyclic amines) is 1. The quantitative estimate of drug-likeness (QED) is 0.321. The molecule has 6 nitrogen and oxygen atoms in total. The molecule has 4 aromatic rings. The molecule has 3 heterocycles. The second-order valence-corrected chi connectivity index (χ2v) is 10.0. The zero-order valence-corrected chi connectivity index (χ0v) is 21.2. The molecular weight excluding hydrogens is 473 g/mol. The van der Waals surface area contributed by atoms with Gasteiger partial charge in [0.25, 0.3) is 5.91 Å². The summed E-state index contributed by atoms with van der Waals surface area (Å²) in [6.45, 7) is 5.62. The van der Waals surface area contributed by atoms with Crippen LogP contribution in [0.25, 0.3) is 11.2 Å². The maximum Gasteiger partial charge on any atom is 0.251 e. The van der Waals surface area contributed by atoms with Crippen LogP contribution in [0.1, 0.15) is 41.3 Å². The zero-order chi connectivity index (χ0) is 24.9. The number of pyridine rings is 1. The van der Waals surface area contributed by atoms with Crippen LogP contribution in [0, 0.1) is 5.82 Å². The predicted molar refractivity (Wildman–Crippen MR) is 142 cm³/mol. The Hall–Kier alpha value is -3.23. The highest BCUT2D eigenvalue weighted by atomic mass is 32.2. The number of carbonyl (C=O) groups is 1. The average Bonchev–Trinajstić information content (AvgIpc) is 3.51. The van der Waals surface area contributed by atoms with Crippen LogP contribution in [0.3, 0.4) is 0 Å². The van der Waals surface area contributed by atoms with Crippen molar-refractivity contribution in [2.75, 3.05) is 19.6 Å². The van der Waals surface area contributed by atoms with Crippen LogP contribution in [0.2, 0.25) is 0 Å². The molecule has 1 aliphatic rings. The van der Waals surface area contributed by atoms with E-state index in [1.54, 1.807) is 30.1 Å². The first-order chi connectivity index (χ1) is 17.6. The number of nitrogens with one attached hydrogen (secondary N) is 1. The van der Waals surface area contributed by atoms with Crippen molar-refractivity contribution in [2.45, 2.75) is 43.3 Å². The normalized spacial score (nSPS) is 16.0. The second-order valence-electron chi connectivity index (χ2n) is 9.07. The topological polar surface area (TPSA) is 63.1 Å². The Morgan fingerprint density at radius 1 is 1.11 bits per heavy atom. The number of aromatic nitrogens is 3. The lowest BCUT2D eigenvalue weighted by atomic mass is 10.1. The fraction of sp³-hybridized carbons (Fsp3) is 0.321. The Bertz CT molecular complexity index is 1320. The molecule has 2 aromatic heterocycles. The Morgan fingerprint density at radius 3 is 2.67 bits per heavy atom. The molecule has 0 spiro atoms. The van der Waals surface area contributed by atoms with Crippen LogP contribution < -0.4 is 5.32 Å². The van der Waals surface area contributed by atoms with Gasteiger partial charge in [0.2, 0.25) is 0 Å². The van der Waals surface area contributed by atoms with Gasteiger partial charge in [-0.2, -0.15) is 0 Å². The van der Waals surface area contributed by atoms with E-state index in [0.717, 1.165) is 41.3 Å². The Labute approximate surface area is 214 Å². The lowest BCUT2D eigenvalue weighted by Crippen LogP contribution is -2.40. The Kier molecular flexibility index (Phi) is 7.63. The monoisotopic (exact) mass is 503 g/mol. The predicted octanol–water partition coefficient (Wildman–Crippen LogP) is 5.13. The fourth-order valence-electron chi connectivity index (χ4n) is 4.73. The highest BCUT2D eigenvalue weighted by molar-refractivity contribution is 7.98. The van der Waals surface area contributed by atoms with Crippen molar-refractivity contribution in [1.29, 1.82) is 0 Å². The number of imidazole rings is 1. The summed E-state index contributed by atoms with van der Waals surface area (Å²) in [4.78, 5) is 24.3. The van der Waals surface area contributed by atoms with Gasteiger partial charge in [0.15, 0.2) is 10.8 Å². The minimum atomic E-state index is -0.237. The van der Waals surface area contributed by atoms with Crippen molar-refractivity contribution in [3.63, 3.8) is 0 Å². The van der Waals surface area contributed by atoms with Crippen molar-refractivity contribution in [1.82, 2.24) is 24.8 Å². The minimum Gasteiger partial charge on any atom is -0.350 e. The molecule has 1 N–H and O–H groups in total. The van der Waals surface area contributed by atoms with Gasteiger partial charge < -0.3 is 9.88 Å². The molecule has 0 aliphatic carbocycles. The maximum absolute atomic E-state index is 13.3. The number of hydrogen-bond donors (Lipinski definition) is 1. The Morgan fingerprint density at radius 2 is 1.89 bits per heavy atom. The first kappa shape index (κ1) is 24.5. The average molecular weight is 504 g/mol. The number of thioether (sulfide) groups is 1. The third kappa shape index (κ3) is 5.60. The molecule has 1 unspecified atom stereocenters. The summed E-state index contributed by atoms with van der Waals surface area (Å²) in [7, 11) is 0. The van der Waals surface area contributed by atoms with Crippen molar-refractivity contribution in [3.05, 3.63) is 89.4 Å². The number of likely N-dealkylation sites (N-methyl/N-ethyl adjacent to an activating group) is 1. The zero-order valence-electron chi connectivity index (χ0n) is 20.4. The van der Waals surface area contributed by atoms with Gasteiger partial charge in [-0.05, 0) is 73.5 Å². The summed E-state index contributed by atoms with van der Waals surface area (Å²) in [6, 6.07) is 18.7. The van der Waals surface area contributed by atoms with E-state index in [4.69, 9.17) is 4.98 Å². The van der Waals surface area contributed by atoms with E-state index in [2.05, 4.69) is 26.7 Å². The molecule has 1 saturated heterocycles. The van der Waals surface area contributed by atoms with Gasteiger partial charge in [-0.25, -0.2) is 14.4 Å². The Balaban J connectivity index is 1.27. The smallest absolute Gasteiger partial charge is 0.251 e. The van der Waals surface area contributed by atoms with Crippen molar-refractivity contribution < 1.29 is 9.18 Å². The fourth-order valence-corrected chi connectivity index (χ4v) is 5.69. The van der Waals surface area contributed by atoms with Crippen LogP contribution in [0.5, 0.6) is 0 Å². The molecule has 186 valence electrons. The van der Waals surface area contributed by atoms with Crippen molar-refractivity contribution >= 4 is 28.8 Å². The highest BCUT2D eigenvalue weighted by Gasteiger charge is 2.23. The standard InChI is InChI=1S/C28H30FN5OS/c1-2-33-16-4-5-24(33)17-31-27(35)22-11-7-20(8-12-22)18-34-25-6-3-15-30-26(25)32-28(34)36-19-21-9-13-23(29)14-10-21/h3,6-15,24H,2,4-5,16-19H2,1H3,(H,31,35). The molecule has 0 bridgehead atoms. The SMILES string of the molecule is CCN1CCCC1CNC(=O)c1ccc(Cn2c(SCc3ccc(F)cc3)nc3ncccc32)cc1. The molecule has 1 aliphatic heterocycles. The van der Waals surface area contributed by atoms with Crippen LogP contribution in [-0.2, 0) is 12.3 Å². The van der Waals surface area contributed by atoms with Crippen molar-refractivity contribution in [2.24, 2.45) is 0 Å². The number of carbonyl (C=O) groups excluding carboxylic acids is 1. The summed E-state index contributed by atoms with van der Waals surface area (Å²) in [5, 5.41) is 3.96.